The van der Waals surface area contributed by atoms with Crippen LogP contribution in [0.3, 0.4) is 0 Å². The fourth-order valence-electron chi connectivity index (χ4n) is 2.08. The maximum atomic E-state index is 12.4. The van der Waals surface area contributed by atoms with Crippen molar-refractivity contribution in [1.82, 2.24) is 10.6 Å². The Bertz CT molecular complexity index is 871. The molecule has 0 spiro atoms. The first kappa shape index (κ1) is 22.2. The van der Waals surface area contributed by atoms with Gasteiger partial charge in [-0.15, -0.1) is 0 Å². The predicted octanol–water partition coefficient (Wildman–Crippen LogP) is 4.32. The molecule has 2 rings (SSSR count). The number of nitro groups is 1. The van der Waals surface area contributed by atoms with Gasteiger partial charge in [-0.25, -0.2) is 0 Å². The SMILES string of the molecule is Cc1ccc(C(=O)NC(NC(=S)Nc2ccc([N+](=O)[O-])cc2)C(Cl)(Cl)Cl)cc1. The maximum absolute atomic E-state index is 12.4. The molecule has 0 aromatic heterocycles. The molecule has 7 nitrogen and oxygen atoms in total. The van der Waals surface area contributed by atoms with Gasteiger partial charge in [0.05, 0.1) is 4.92 Å². The van der Waals surface area contributed by atoms with Crippen molar-refractivity contribution >= 4 is 69.4 Å². The summed E-state index contributed by atoms with van der Waals surface area (Å²) in [4.78, 5) is 22.6. The first-order valence-corrected chi connectivity index (χ1v) is 9.36. The van der Waals surface area contributed by atoms with E-state index in [1.54, 1.807) is 24.3 Å². The highest BCUT2D eigenvalue weighted by atomic mass is 35.6. The van der Waals surface area contributed by atoms with Gasteiger partial charge in [-0.2, -0.15) is 0 Å². The smallest absolute Gasteiger partial charge is 0.269 e. The number of thiocarbonyl (C=S) groups is 1. The molecule has 0 aliphatic carbocycles. The number of alkyl halides is 3. The van der Waals surface area contributed by atoms with Crippen molar-refractivity contribution in [3.8, 4) is 0 Å². The summed E-state index contributed by atoms with van der Waals surface area (Å²) in [6.07, 6.45) is -1.13. The highest BCUT2D eigenvalue weighted by molar-refractivity contribution is 7.80. The van der Waals surface area contributed by atoms with Crippen LogP contribution in [0.5, 0.6) is 0 Å². The molecule has 1 atom stereocenters. The second kappa shape index (κ2) is 9.38. The third-order valence-electron chi connectivity index (χ3n) is 3.53. The zero-order valence-corrected chi connectivity index (χ0v) is 17.5. The molecule has 0 bridgehead atoms. The van der Waals surface area contributed by atoms with Gasteiger partial charge in [0.15, 0.2) is 5.11 Å². The van der Waals surface area contributed by atoms with Crippen LogP contribution in [0.2, 0.25) is 0 Å². The van der Waals surface area contributed by atoms with Crippen molar-refractivity contribution in [1.29, 1.82) is 0 Å². The van der Waals surface area contributed by atoms with Gasteiger partial charge < -0.3 is 16.0 Å². The molecule has 28 heavy (non-hydrogen) atoms. The number of carbonyl (C=O) groups is 1. The Balaban J connectivity index is 2.04. The first-order chi connectivity index (χ1) is 13.1. The minimum absolute atomic E-state index is 0.0504. The maximum Gasteiger partial charge on any atom is 0.269 e. The van der Waals surface area contributed by atoms with Gasteiger partial charge in [0.25, 0.3) is 11.6 Å². The number of nitrogens with one attached hydrogen (secondary N) is 3. The Labute approximate surface area is 181 Å². The minimum Gasteiger partial charge on any atom is -0.339 e. The van der Waals surface area contributed by atoms with Crippen LogP contribution < -0.4 is 16.0 Å². The number of nitro benzene ring substituents is 1. The van der Waals surface area contributed by atoms with Crippen LogP contribution in [0.1, 0.15) is 15.9 Å². The molecule has 0 aliphatic heterocycles. The van der Waals surface area contributed by atoms with E-state index in [1.807, 2.05) is 6.92 Å². The van der Waals surface area contributed by atoms with Gasteiger partial charge in [-0.05, 0) is 43.4 Å². The molecule has 0 aliphatic rings. The summed E-state index contributed by atoms with van der Waals surface area (Å²) in [5.74, 6) is -0.457. The normalized spacial score (nSPS) is 12.0. The van der Waals surface area contributed by atoms with Crippen LogP contribution in [0.4, 0.5) is 11.4 Å². The minimum atomic E-state index is -1.90. The standard InChI is InChI=1S/C17H15Cl3N4O3S/c1-10-2-4-11(5-3-10)14(25)22-15(17(18,19)20)23-16(28)21-12-6-8-13(9-7-12)24(26)27/h2-9,15H,1H3,(H,22,25)(H2,21,23,28). The van der Waals surface area contributed by atoms with Crippen molar-refractivity contribution in [2.75, 3.05) is 5.32 Å². The number of anilines is 1. The number of aryl methyl sites for hydroxylation is 1. The van der Waals surface area contributed by atoms with Crippen molar-refractivity contribution in [2.24, 2.45) is 0 Å². The molecular formula is C17H15Cl3N4O3S. The second-order valence-electron chi connectivity index (χ2n) is 5.72. The molecule has 0 radical (unpaired) electrons. The van der Waals surface area contributed by atoms with Crippen molar-refractivity contribution < 1.29 is 9.72 Å². The molecule has 1 unspecified atom stereocenters. The number of hydrogen-bond acceptors (Lipinski definition) is 4. The number of hydrogen-bond donors (Lipinski definition) is 3. The number of non-ortho nitro benzene ring substituents is 1. The Morgan fingerprint density at radius 1 is 1.07 bits per heavy atom. The molecule has 2 aromatic carbocycles. The van der Waals surface area contributed by atoms with Crippen LogP contribution >= 0.6 is 47.0 Å². The second-order valence-corrected chi connectivity index (χ2v) is 8.49. The first-order valence-electron chi connectivity index (χ1n) is 7.82. The van der Waals surface area contributed by atoms with E-state index in [2.05, 4.69) is 16.0 Å². The van der Waals surface area contributed by atoms with E-state index in [9.17, 15) is 14.9 Å². The predicted molar refractivity (Wildman–Crippen MR) is 115 cm³/mol. The average molecular weight is 462 g/mol. The largest absolute Gasteiger partial charge is 0.339 e. The van der Waals surface area contributed by atoms with E-state index >= 15 is 0 Å². The van der Waals surface area contributed by atoms with Crippen LogP contribution in [-0.4, -0.2) is 25.9 Å². The van der Waals surface area contributed by atoms with Crippen molar-refractivity contribution in [3.05, 3.63) is 69.8 Å². The lowest BCUT2D eigenvalue weighted by molar-refractivity contribution is -0.384. The van der Waals surface area contributed by atoms with Crippen LogP contribution in [0.25, 0.3) is 0 Å². The van der Waals surface area contributed by atoms with Crippen LogP contribution in [0, 0.1) is 17.0 Å². The van der Waals surface area contributed by atoms with E-state index < -0.39 is 20.8 Å². The molecule has 3 N–H and O–H groups in total. The fourth-order valence-corrected chi connectivity index (χ4v) is 2.65. The fraction of sp³-hybridized carbons (Fsp3) is 0.176. The van der Waals surface area contributed by atoms with E-state index in [0.717, 1.165) is 5.56 Å². The van der Waals surface area contributed by atoms with Gasteiger partial charge in [0, 0.05) is 23.4 Å². The number of benzene rings is 2. The van der Waals surface area contributed by atoms with Gasteiger partial charge >= 0.3 is 0 Å². The Morgan fingerprint density at radius 2 is 1.64 bits per heavy atom. The summed E-state index contributed by atoms with van der Waals surface area (Å²) in [5, 5.41) is 18.8. The number of halogens is 3. The Kier molecular flexibility index (Phi) is 7.42. The summed E-state index contributed by atoms with van der Waals surface area (Å²) in [5.41, 5.74) is 1.81. The molecule has 2 aromatic rings. The third-order valence-corrected chi connectivity index (χ3v) is 4.40. The van der Waals surface area contributed by atoms with E-state index in [0.29, 0.717) is 11.3 Å². The average Bonchev–Trinajstić information content (AvgIpc) is 2.61. The Morgan fingerprint density at radius 3 is 2.14 bits per heavy atom. The van der Waals surface area contributed by atoms with Crippen LogP contribution in [0.15, 0.2) is 48.5 Å². The molecule has 0 saturated heterocycles. The lowest BCUT2D eigenvalue weighted by Crippen LogP contribution is -2.56. The summed E-state index contributed by atoms with van der Waals surface area (Å²) in [7, 11) is 0. The molecule has 0 heterocycles. The quantitative estimate of drug-likeness (QED) is 0.202. The number of amides is 1. The summed E-state index contributed by atoms with van der Waals surface area (Å²) in [6.45, 7) is 1.90. The highest BCUT2D eigenvalue weighted by Crippen LogP contribution is 2.29. The number of rotatable bonds is 5. The molecule has 0 saturated carbocycles. The molecular weight excluding hydrogens is 447 g/mol. The number of carbonyl (C=O) groups excluding carboxylic acids is 1. The van der Waals surface area contributed by atoms with E-state index in [4.69, 9.17) is 47.0 Å². The van der Waals surface area contributed by atoms with Crippen molar-refractivity contribution in [2.45, 2.75) is 16.9 Å². The Hall–Kier alpha value is -2.13. The zero-order valence-electron chi connectivity index (χ0n) is 14.4. The summed E-state index contributed by atoms with van der Waals surface area (Å²) < 4.78 is -1.90. The molecule has 1 amide bonds. The van der Waals surface area contributed by atoms with Gasteiger partial charge in [-0.1, -0.05) is 52.5 Å². The monoisotopic (exact) mass is 460 g/mol. The van der Waals surface area contributed by atoms with Gasteiger partial charge in [0.2, 0.25) is 3.79 Å². The lowest BCUT2D eigenvalue weighted by Gasteiger charge is -2.27. The topological polar surface area (TPSA) is 96.3 Å². The van der Waals surface area contributed by atoms with Gasteiger partial charge in [0.1, 0.15) is 6.17 Å². The van der Waals surface area contributed by atoms with Crippen molar-refractivity contribution in [3.63, 3.8) is 0 Å². The highest BCUT2D eigenvalue weighted by Gasteiger charge is 2.34. The number of nitrogens with zero attached hydrogens (tertiary/aromatic N) is 1. The molecule has 0 fully saturated rings. The van der Waals surface area contributed by atoms with E-state index in [-0.39, 0.29) is 10.8 Å². The van der Waals surface area contributed by atoms with E-state index in [1.165, 1.54) is 24.3 Å². The van der Waals surface area contributed by atoms with Crippen LogP contribution in [-0.2, 0) is 0 Å². The zero-order chi connectivity index (χ0) is 20.9. The third kappa shape index (κ3) is 6.49. The summed E-state index contributed by atoms with van der Waals surface area (Å²) in [6, 6.07) is 12.4. The molecule has 148 valence electrons. The van der Waals surface area contributed by atoms with Gasteiger partial charge in [-0.3, -0.25) is 14.9 Å². The molecule has 11 heteroatoms. The lowest BCUT2D eigenvalue weighted by atomic mass is 10.1. The summed E-state index contributed by atoms with van der Waals surface area (Å²) >= 11 is 23.0.